The maximum atomic E-state index is 11.7. The van der Waals surface area contributed by atoms with Crippen molar-refractivity contribution in [2.45, 2.75) is 20.0 Å². The zero-order valence-electron chi connectivity index (χ0n) is 7.14. The van der Waals surface area contributed by atoms with Crippen LogP contribution < -0.4 is 0 Å². The van der Waals surface area contributed by atoms with E-state index in [-0.39, 0.29) is 6.61 Å². The third-order valence-corrected chi connectivity index (χ3v) is 1.31. The topological polar surface area (TPSA) is 43.4 Å². The maximum absolute atomic E-state index is 11.7. The summed E-state index contributed by atoms with van der Waals surface area (Å²) >= 11 is 0. The predicted molar refractivity (Wildman–Crippen MR) is 36.9 cm³/mol. The zero-order chi connectivity index (χ0) is 10.6. The van der Waals surface area contributed by atoms with Gasteiger partial charge in [0.05, 0.1) is 6.61 Å². The smallest absolute Gasteiger partial charge is 0.450 e. The molecule has 13 heavy (non-hydrogen) atoms. The van der Waals surface area contributed by atoms with Crippen LogP contribution in [0.15, 0.2) is 0 Å². The Bertz CT molecular complexity index is 210. The molecule has 0 aliphatic heterocycles. The van der Waals surface area contributed by atoms with Crippen molar-refractivity contribution in [1.82, 2.24) is 0 Å². The van der Waals surface area contributed by atoms with Crippen LogP contribution in [-0.2, 0) is 14.3 Å². The van der Waals surface area contributed by atoms with E-state index >= 15 is 0 Å². The number of hydrogen-bond donors (Lipinski definition) is 0. The number of ketones is 1. The quantitative estimate of drug-likeness (QED) is 0.507. The van der Waals surface area contributed by atoms with Crippen LogP contribution in [0.5, 0.6) is 0 Å². The molecule has 6 heteroatoms. The van der Waals surface area contributed by atoms with E-state index in [2.05, 4.69) is 4.74 Å². The standard InChI is InChI=1S/C7H9F3O3/c1-3-13-6(12)4(2)5(11)7(8,9)10/h4H,3H2,1-2H3/t4-/m0/s1. The number of ether oxygens (including phenoxy) is 1. The molecule has 0 aromatic heterocycles. The summed E-state index contributed by atoms with van der Waals surface area (Å²) in [7, 11) is 0. The second kappa shape index (κ2) is 4.25. The van der Waals surface area contributed by atoms with Crippen molar-refractivity contribution >= 4 is 11.8 Å². The van der Waals surface area contributed by atoms with Crippen LogP contribution >= 0.6 is 0 Å². The van der Waals surface area contributed by atoms with E-state index in [4.69, 9.17) is 0 Å². The Balaban J connectivity index is 4.35. The van der Waals surface area contributed by atoms with Gasteiger partial charge < -0.3 is 4.74 Å². The summed E-state index contributed by atoms with van der Waals surface area (Å²) in [5, 5.41) is 0. The van der Waals surface area contributed by atoms with Crippen molar-refractivity contribution in [2.75, 3.05) is 6.61 Å². The first-order chi connectivity index (χ1) is 5.80. The van der Waals surface area contributed by atoms with Crippen LogP contribution in [0.3, 0.4) is 0 Å². The first kappa shape index (κ1) is 11.9. The summed E-state index contributed by atoms with van der Waals surface area (Å²) in [4.78, 5) is 21.1. The summed E-state index contributed by atoms with van der Waals surface area (Å²) in [5.41, 5.74) is 0. The molecule has 0 rings (SSSR count). The highest BCUT2D eigenvalue weighted by Crippen LogP contribution is 2.21. The molecular weight excluding hydrogens is 189 g/mol. The molecule has 0 aliphatic rings. The van der Waals surface area contributed by atoms with Gasteiger partial charge in [-0.3, -0.25) is 9.59 Å². The fraction of sp³-hybridized carbons (Fsp3) is 0.714. The Morgan fingerprint density at radius 1 is 1.38 bits per heavy atom. The van der Waals surface area contributed by atoms with E-state index in [9.17, 15) is 22.8 Å². The minimum absolute atomic E-state index is 0.0473. The molecule has 0 fully saturated rings. The van der Waals surface area contributed by atoms with E-state index < -0.39 is 23.8 Å². The van der Waals surface area contributed by atoms with Gasteiger partial charge in [0.1, 0.15) is 5.92 Å². The number of rotatable bonds is 3. The predicted octanol–water partition coefficient (Wildman–Crippen LogP) is 1.32. The van der Waals surface area contributed by atoms with Gasteiger partial charge in [-0.05, 0) is 13.8 Å². The molecule has 0 aromatic carbocycles. The van der Waals surface area contributed by atoms with Gasteiger partial charge in [0.25, 0.3) is 0 Å². The molecule has 0 aliphatic carbocycles. The van der Waals surface area contributed by atoms with Gasteiger partial charge in [-0.25, -0.2) is 0 Å². The SMILES string of the molecule is CCOC(=O)[C@@H](C)C(=O)C(F)(F)F. The van der Waals surface area contributed by atoms with E-state index in [1.165, 1.54) is 6.92 Å². The highest BCUT2D eigenvalue weighted by molar-refractivity contribution is 6.01. The largest absolute Gasteiger partial charge is 0.465 e. The van der Waals surface area contributed by atoms with E-state index in [0.717, 1.165) is 6.92 Å². The highest BCUT2D eigenvalue weighted by atomic mass is 19.4. The Morgan fingerprint density at radius 3 is 2.15 bits per heavy atom. The van der Waals surface area contributed by atoms with Gasteiger partial charge in [-0.2, -0.15) is 13.2 Å². The lowest BCUT2D eigenvalue weighted by molar-refractivity contribution is -0.180. The third-order valence-electron chi connectivity index (χ3n) is 1.31. The molecule has 0 spiro atoms. The van der Waals surface area contributed by atoms with Crippen LogP contribution in [0, 0.1) is 5.92 Å². The second-order valence-electron chi connectivity index (χ2n) is 2.34. The van der Waals surface area contributed by atoms with E-state index in [0.29, 0.717) is 0 Å². The van der Waals surface area contributed by atoms with Gasteiger partial charge >= 0.3 is 12.1 Å². The number of carbonyl (C=O) groups is 2. The average Bonchev–Trinajstić information content (AvgIpc) is 2.00. The van der Waals surface area contributed by atoms with Gasteiger partial charge in [0.2, 0.25) is 5.78 Å². The summed E-state index contributed by atoms with van der Waals surface area (Å²) in [6.07, 6.45) is -4.98. The number of halogens is 3. The molecular formula is C7H9F3O3. The highest BCUT2D eigenvalue weighted by Gasteiger charge is 2.44. The fourth-order valence-electron chi connectivity index (χ4n) is 0.620. The molecule has 0 N–H and O–H groups in total. The normalized spacial score (nSPS) is 13.6. The van der Waals surface area contributed by atoms with Crippen molar-refractivity contribution < 1.29 is 27.5 Å². The molecule has 0 unspecified atom stereocenters. The summed E-state index contributed by atoms with van der Waals surface area (Å²) in [6, 6.07) is 0. The fourth-order valence-corrected chi connectivity index (χ4v) is 0.620. The van der Waals surface area contributed by atoms with Crippen LogP contribution in [0.2, 0.25) is 0 Å². The van der Waals surface area contributed by atoms with Gasteiger partial charge in [0.15, 0.2) is 0 Å². The van der Waals surface area contributed by atoms with Crippen molar-refractivity contribution in [3.8, 4) is 0 Å². The Morgan fingerprint density at radius 2 is 1.85 bits per heavy atom. The lowest BCUT2D eigenvalue weighted by Crippen LogP contribution is -2.34. The molecule has 0 bridgehead atoms. The Labute approximate surface area is 72.9 Å². The molecule has 0 radical (unpaired) electrons. The monoisotopic (exact) mass is 198 g/mol. The van der Waals surface area contributed by atoms with Crippen molar-refractivity contribution in [1.29, 1.82) is 0 Å². The molecule has 0 heterocycles. The lowest BCUT2D eigenvalue weighted by Gasteiger charge is -2.10. The molecule has 0 amide bonds. The van der Waals surface area contributed by atoms with Crippen LogP contribution in [0.4, 0.5) is 13.2 Å². The Kier molecular flexibility index (Phi) is 3.90. The molecule has 76 valence electrons. The van der Waals surface area contributed by atoms with Gasteiger partial charge in [0, 0.05) is 0 Å². The molecule has 0 saturated carbocycles. The Hall–Kier alpha value is -1.07. The van der Waals surface area contributed by atoms with E-state index in [1.807, 2.05) is 0 Å². The van der Waals surface area contributed by atoms with Crippen molar-refractivity contribution in [3.63, 3.8) is 0 Å². The van der Waals surface area contributed by atoms with Crippen LogP contribution in [-0.4, -0.2) is 24.5 Å². The first-order valence-electron chi connectivity index (χ1n) is 3.58. The molecule has 0 saturated heterocycles. The number of hydrogen-bond acceptors (Lipinski definition) is 3. The van der Waals surface area contributed by atoms with Crippen LogP contribution in [0.25, 0.3) is 0 Å². The molecule has 1 atom stereocenters. The minimum atomic E-state index is -4.98. The number of alkyl halides is 3. The van der Waals surface area contributed by atoms with Crippen molar-refractivity contribution in [2.24, 2.45) is 5.92 Å². The summed E-state index contributed by atoms with van der Waals surface area (Å²) in [6.45, 7) is 2.27. The number of esters is 1. The van der Waals surface area contributed by atoms with E-state index in [1.54, 1.807) is 0 Å². The number of Topliss-reactive ketones (excluding diaryl/α,β-unsaturated/α-hetero) is 1. The minimum Gasteiger partial charge on any atom is -0.465 e. The maximum Gasteiger partial charge on any atom is 0.450 e. The van der Waals surface area contributed by atoms with Gasteiger partial charge in [-0.1, -0.05) is 0 Å². The molecule has 0 aromatic rings. The van der Waals surface area contributed by atoms with Crippen molar-refractivity contribution in [3.05, 3.63) is 0 Å². The second-order valence-corrected chi connectivity index (χ2v) is 2.34. The van der Waals surface area contributed by atoms with Gasteiger partial charge in [-0.15, -0.1) is 0 Å². The molecule has 3 nitrogen and oxygen atoms in total. The zero-order valence-corrected chi connectivity index (χ0v) is 7.14. The average molecular weight is 198 g/mol. The summed E-state index contributed by atoms with van der Waals surface area (Å²) < 4.78 is 39.5. The summed E-state index contributed by atoms with van der Waals surface area (Å²) in [5.74, 6) is -5.00. The lowest BCUT2D eigenvalue weighted by atomic mass is 10.1. The third kappa shape index (κ3) is 3.43. The first-order valence-corrected chi connectivity index (χ1v) is 3.58. The number of carbonyl (C=O) groups excluding carboxylic acids is 2. The van der Waals surface area contributed by atoms with Crippen LogP contribution in [0.1, 0.15) is 13.8 Å².